The van der Waals surface area contributed by atoms with E-state index >= 15 is 0 Å². The van der Waals surface area contributed by atoms with Crippen molar-refractivity contribution in [3.05, 3.63) is 39.4 Å². The largest absolute Gasteiger partial charge is 0.504 e. The molecule has 1 N–H and O–H groups in total. The molecule has 0 fully saturated rings. The Morgan fingerprint density at radius 3 is 3.00 bits per heavy atom. The minimum Gasteiger partial charge on any atom is -0.504 e. The monoisotopic (exact) mass is 293 g/mol. The van der Waals surface area contributed by atoms with Gasteiger partial charge in [-0.1, -0.05) is 0 Å². The number of ether oxygens (including phenoxy) is 1. The van der Waals surface area contributed by atoms with Crippen molar-refractivity contribution in [1.29, 1.82) is 0 Å². The predicted molar refractivity (Wildman–Crippen MR) is 75.3 cm³/mol. The number of nitrogens with zero attached hydrogens (tertiary/aromatic N) is 3. The smallest absolute Gasteiger partial charge is 0.274 e. The first-order valence-electron chi connectivity index (χ1n) is 5.69. The Bertz CT molecular complexity index is 640. The molecule has 1 aromatic carbocycles. The molecular weight excluding hydrogens is 282 g/mol. The van der Waals surface area contributed by atoms with Crippen LogP contribution in [0.4, 0.5) is 10.8 Å². The van der Waals surface area contributed by atoms with Crippen LogP contribution in [0.2, 0.25) is 0 Å². The van der Waals surface area contributed by atoms with Crippen LogP contribution in [-0.2, 0) is 0 Å². The summed E-state index contributed by atoms with van der Waals surface area (Å²) in [7, 11) is 0. The molecule has 0 aliphatic carbocycles. The van der Waals surface area contributed by atoms with Crippen LogP contribution in [0.15, 0.2) is 28.7 Å². The number of hydrogen-bond donors (Lipinski definition) is 1. The van der Waals surface area contributed by atoms with Crippen molar-refractivity contribution in [3.8, 4) is 11.5 Å². The second kappa shape index (κ2) is 6.11. The highest BCUT2D eigenvalue weighted by Crippen LogP contribution is 2.34. The van der Waals surface area contributed by atoms with Crippen molar-refractivity contribution >= 4 is 28.4 Å². The molecule has 0 aliphatic rings. The van der Waals surface area contributed by atoms with Gasteiger partial charge in [0.2, 0.25) is 5.13 Å². The van der Waals surface area contributed by atoms with Crippen molar-refractivity contribution in [2.45, 2.75) is 6.92 Å². The highest BCUT2D eigenvalue weighted by Gasteiger charge is 2.16. The number of nitro benzene ring substituents is 1. The number of nitro groups is 1. The fraction of sp³-hybridized carbons (Fsp3) is 0.167. The summed E-state index contributed by atoms with van der Waals surface area (Å²) in [6, 6.07) is 2.41. The van der Waals surface area contributed by atoms with E-state index in [-0.39, 0.29) is 29.4 Å². The van der Waals surface area contributed by atoms with E-state index in [0.29, 0.717) is 5.13 Å². The van der Waals surface area contributed by atoms with E-state index in [1.165, 1.54) is 29.7 Å². The number of phenolic OH excluding ortho intramolecular Hbond substituents is 1. The lowest BCUT2D eigenvalue weighted by Crippen LogP contribution is -1.97. The van der Waals surface area contributed by atoms with Crippen molar-refractivity contribution in [2.24, 2.45) is 4.99 Å². The molecule has 0 amide bonds. The van der Waals surface area contributed by atoms with Crippen LogP contribution >= 0.6 is 11.3 Å². The lowest BCUT2D eigenvalue weighted by Gasteiger charge is -2.07. The molecule has 104 valence electrons. The molecule has 0 saturated carbocycles. The standard InChI is InChI=1S/C12H11N3O4S/c1-2-19-10-6-9(15(17)18)5-8(11(10)16)7-14-12-13-3-4-20-12/h3-7,16H,2H2,1H3/b14-7+. The molecule has 7 nitrogen and oxygen atoms in total. The zero-order valence-corrected chi connectivity index (χ0v) is 11.3. The first kappa shape index (κ1) is 13.9. The molecule has 8 heteroatoms. The van der Waals surface area contributed by atoms with E-state index in [0.717, 1.165) is 0 Å². The maximum absolute atomic E-state index is 10.9. The molecule has 1 aromatic heterocycles. The zero-order chi connectivity index (χ0) is 14.5. The summed E-state index contributed by atoms with van der Waals surface area (Å²) in [6.45, 7) is 2.01. The van der Waals surface area contributed by atoms with Crippen LogP contribution in [-0.4, -0.2) is 27.8 Å². The third kappa shape index (κ3) is 3.09. The topological polar surface area (TPSA) is 97.9 Å². The molecule has 0 unspecified atom stereocenters. The van der Waals surface area contributed by atoms with E-state index in [1.54, 1.807) is 18.5 Å². The summed E-state index contributed by atoms with van der Waals surface area (Å²) in [4.78, 5) is 18.3. The summed E-state index contributed by atoms with van der Waals surface area (Å²) in [5, 5.41) is 23.1. The Kier molecular flexibility index (Phi) is 4.26. The Morgan fingerprint density at radius 1 is 1.60 bits per heavy atom. The average Bonchev–Trinajstić information content (AvgIpc) is 2.92. The first-order chi connectivity index (χ1) is 9.61. The van der Waals surface area contributed by atoms with E-state index < -0.39 is 4.92 Å². The van der Waals surface area contributed by atoms with Gasteiger partial charge in [0.05, 0.1) is 17.6 Å². The lowest BCUT2D eigenvalue weighted by atomic mass is 10.1. The molecule has 2 aromatic rings. The van der Waals surface area contributed by atoms with Crippen LogP contribution in [0, 0.1) is 10.1 Å². The number of aromatic hydroxyl groups is 1. The summed E-state index contributed by atoms with van der Waals surface area (Å²) in [5.41, 5.74) is 0.0321. The van der Waals surface area contributed by atoms with E-state index in [4.69, 9.17) is 4.74 Å². The number of aromatic nitrogens is 1. The third-order valence-corrected chi connectivity index (χ3v) is 3.01. The lowest BCUT2D eigenvalue weighted by molar-refractivity contribution is -0.385. The minimum atomic E-state index is -0.553. The number of rotatable bonds is 5. The van der Waals surface area contributed by atoms with Gasteiger partial charge in [-0.2, -0.15) is 0 Å². The molecular formula is C12H11N3O4S. The van der Waals surface area contributed by atoms with Crippen molar-refractivity contribution < 1.29 is 14.8 Å². The SMILES string of the molecule is CCOc1cc([N+](=O)[O-])cc(/C=N/c2nccs2)c1O. The van der Waals surface area contributed by atoms with Crippen LogP contribution in [0.1, 0.15) is 12.5 Å². The number of non-ortho nitro benzene ring substituents is 1. The molecule has 0 radical (unpaired) electrons. The van der Waals surface area contributed by atoms with E-state index in [9.17, 15) is 15.2 Å². The quantitative estimate of drug-likeness (QED) is 0.519. The van der Waals surface area contributed by atoms with Crippen LogP contribution in [0.3, 0.4) is 0 Å². The van der Waals surface area contributed by atoms with Gasteiger partial charge in [0, 0.05) is 29.4 Å². The van der Waals surface area contributed by atoms with Gasteiger partial charge in [0.1, 0.15) is 0 Å². The van der Waals surface area contributed by atoms with Gasteiger partial charge in [0.25, 0.3) is 5.69 Å². The molecule has 0 atom stereocenters. The number of aliphatic imine (C=N–C) groups is 1. The second-order valence-electron chi connectivity index (χ2n) is 3.64. The molecule has 0 saturated heterocycles. The highest BCUT2D eigenvalue weighted by atomic mass is 32.1. The Balaban J connectivity index is 2.42. The van der Waals surface area contributed by atoms with Gasteiger partial charge in [-0.05, 0) is 6.92 Å². The molecule has 20 heavy (non-hydrogen) atoms. The van der Waals surface area contributed by atoms with Gasteiger partial charge in [0.15, 0.2) is 11.5 Å². The van der Waals surface area contributed by atoms with Gasteiger partial charge in [-0.3, -0.25) is 10.1 Å². The number of thiazole rings is 1. The average molecular weight is 293 g/mol. The molecule has 0 aliphatic heterocycles. The number of benzene rings is 1. The van der Waals surface area contributed by atoms with Crippen molar-refractivity contribution in [2.75, 3.05) is 6.61 Å². The highest BCUT2D eigenvalue weighted by molar-refractivity contribution is 7.13. The zero-order valence-electron chi connectivity index (χ0n) is 10.5. The normalized spacial score (nSPS) is 10.8. The Morgan fingerprint density at radius 2 is 2.40 bits per heavy atom. The fourth-order valence-electron chi connectivity index (χ4n) is 1.49. The Hall–Kier alpha value is -2.48. The first-order valence-corrected chi connectivity index (χ1v) is 6.57. The summed E-state index contributed by atoms with van der Waals surface area (Å²) in [6.07, 6.45) is 2.92. The second-order valence-corrected chi connectivity index (χ2v) is 4.52. The summed E-state index contributed by atoms with van der Waals surface area (Å²) in [5.74, 6) is -0.125. The van der Waals surface area contributed by atoms with Gasteiger partial charge < -0.3 is 9.84 Å². The van der Waals surface area contributed by atoms with E-state index in [1.807, 2.05) is 0 Å². The van der Waals surface area contributed by atoms with Gasteiger partial charge in [-0.25, -0.2) is 9.98 Å². The van der Waals surface area contributed by atoms with Crippen molar-refractivity contribution in [1.82, 2.24) is 4.98 Å². The predicted octanol–water partition coefficient (Wildman–Crippen LogP) is 2.91. The van der Waals surface area contributed by atoms with Gasteiger partial charge >= 0.3 is 0 Å². The molecule has 2 rings (SSSR count). The molecule has 0 bridgehead atoms. The third-order valence-electron chi connectivity index (χ3n) is 2.33. The number of phenols is 1. The molecule has 0 spiro atoms. The van der Waals surface area contributed by atoms with Crippen molar-refractivity contribution in [3.63, 3.8) is 0 Å². The number of hydrogen-bond acceptors (Lipinski definition) is 7. The van der Waals surface area contributed by atoms with Crippen LogP contribution in [0.25, 0.3) is 0 Å². The van der Waals surface area contributed by atoms with Crippen LogP contribution in [0.5, 0.6) is 11.5 Å². The maximum Gasteiger partial charge on any atom is 0.274 e. The van der Waals surface area contributed by atoms with Crippen LogP contribution < -0.4 is 4.74 Å². The molecule has 1 heterocycles. The minimum absolute atomic E-state index is 0.0577. The Labute approximate surface area is 118 Å². The maximum atomic E-state index is 10.9. The summed E-state index contributed by atoms with van der Waals surface area (Å²) >= 11 is 1.32. The summed E-state index contributed by atoms with van der Waals surface area (Å²) < 4.78 is 5.18. The van der Waals surface area contributed by atoms with Gasteiger partial charge in [-0.15, -0.1) is 11.3 Å². The fourth-order valence-corrected chi connectivity index (χ4v) is 1.97. The van der Waals surface area contributed by atoms with E-state index in [2.05, 4.69) is 9.98 Å².